The standard InChI is InChI=1S/C20H16ClN9O/c21-14-2-1-3-15-17(14)20(31)30(12-6-11(23)8-25-9-12)16(29-15)4-5-26-19-13(7-22)18(24)27-10-28-19/h1-3,6,8-10H,4-5,23H2,(H3,24,26,27,28). The van der Waals surface area contributed by atoms with E-state index in [9.17, 15) is 10.1 Å². The molecule has 0 fully saturated rings. The summed E-state index contributed by atoms with van der Waals surface area (Å²) in [5.74, 6) is 0.847. The molecule has 0 aliphatic heterocycles. The molecule has 5 N–H and O–H groups in total. The molecule has 0 saturated heterocycles. The molecule has 0 spiro atoms. The van der Waals surface area contributed by atoms with E-state index in [2.05, 4.69) is 25.3 Å². The second-order valence-electron chi connectivity index (χ2n) is 6.55. The van der Waals surface area contributed by atoms with Crippen molar-refractivity contribution >= 4 is 39.8 Å². The molecule has 154 valence electrons. The number of hydrogen-bond donors (Lipinski definition) is 3. The Balaban J connectivity index is 1.77. The number of nitrogens with two attached hydrogens (primary N) is 2. The van der Waals surface area contributed by atoms with Gasteiger partial charge in [-0.25, -0.2) is 15.0 Å². The quantitative estimate of drug-likeness (QED) is 0.426. The summed E-state index contributed by atoms with van der Waals surface area (Å²) in [6.45, 7) is 0.319. The minimum Gasteiger partial charge on any atom is -0.397 e. The first-order chi connectivity index (χ1) is 15.0. The van der Waals surface area contributed by atoms with E-state index < -0.39 is 0 Å². The first kappa shape index (κ1) is 20.1. The second kappa shape index (κ2) is 8.25. The Hall–Kier alpha value is -4.23. The van der Waals surface area contributed by atoms with E-state index in [4.69, 9.17) is 23.1 Å². The van der Waals surface area contributed by atoms with E-state index in [0.717, 1.165) is 0 Å². The van der Waals surface area contributed by atoms with Gasteiger partial charge in [0.05, 0.1) is 33.5 Å². The van der Waals surface area contributed by atoms with Gasteiger partial charge in [-0.15, -0.1) is 0 Å². The number of rotatable bonds is 5. The summed E-state index contributed by atoms with van der Waals surface area (Å²) in [6.07, 6.45) is 4.60. The molecule has 0 saturated carbocycles. The maximum atomic E-state index is 13.3. The molecule has 3 heterocycles. The van der Waals surface area contributed by atoms with E-state index >= 15 is 0 Å². The molecule has 0 aliphatic carbocycles. The SMILES string of the molecule is N#Cc1c(N)ncnc1NCCc1nc2cccc(Cl)c2c(=O)n1-c1cncc(N)c1. The van der Waals surface area contributed by atoms with E-state index in [1.807, 2.05) is 6.07 Å². The van der Waals surface area contributed by atoms with Crippen LogP contribution in [0.3, 0.4) is 0 Å². The Morgan fingerprint density at radius 1 is 1.23 bits per heavy atom. The van der Waals surface area contributed by atoms with Gasteiger partial charge in [-0.1, -0.05) is 17.7 Å². The molecule has 3 aromatic heterocycles. The predicted octanol–water partition coefficient (Wildman–Crippen LogP) is 1.91. The summed E-state index contributed by atoms with van der Waals surface area (Å²) >= 11 is 6.28. The average molecular weight is 434 g/mol. The van der Waals surface area contributed by atoms with E-state index in [1.54, 1.807) is 24.3 Å². The van der Waals surface area contributed by atoms with Gasteiger partial charge in [0.1, 0.15) is 35.4 Å². The summed E-state index contributed by atoms with van der Waals surface area (Å²) < 4.78 is 1.43. The van der Waals surface area contributed by atoms with Gasteiger partial charge in [0.15, 0.2) is 0 Å². The fourth-order valence-electron chi connectivity index (χ4n) is 3.17. The van der Waals surface area contributed by atoms with Crippen molar-refractivity contribution in [1.82, 2.24) is 24.5 Å². The van der Waals surface area contributed by atoms with Gasteiger partial charge < -0.3 is 16.8 Å². The Morgan fingerprint density at radius 3 is 2.84 bits per heavy atom. The largest absolute Gasteiger partial charge is 0.397 e. The smallest absolute Gasteiger partial charge is 0.267 e. The molecule has 31 heavy (non-hydrogen) atoms. The van der Waals surface area contributed by atoms with Crippen molar-refractivity contribution in [2.24, 2.45) is 0 Å². The predicted molar refractivity (Wildman–Crippen MR) is 118 cm³/mol. The van der Waals surface area contributed by atoms with E-state index in [-0.39, 0.29) is 16.9 Å². The van der Waals surface area contributed by atoms with Crippen molar-refractivity contribution < 1.29 is 0 Å². The summed E-state index contributed by atoms with van der Waals surface area (Å²) in [5.41, 5.74) is 12.8. The van der Waals surface area contributed by atoms with E-state index in [0.29, 0.717) is 51.9 Å². The number of nitriles is 1. The highest BCUT2D eigenvalue weighted by Gasteiger charge is 2.16. The van der Waals surface area contributed by atoms with Gasteiger partial charge in [0.25, 0.3) is 5.56 Å². The molecule has 0 amide bonds. The molecule has 10 nitrogen and oxygen atoms in total. The minimum absolute atomic E-state index is 0.0845. The lowest BCUT2D eigenvalue weighted by atomic mass is 10.2. The van der Waals surface area contributed by atoms with Crippen LogP contribution in [0.2, 0.25) is 5.02 Å². The number of anilines is 3. The van der Waals surface area contributed by atoms with Crippen LogP contribution in [-0.2, 0) is 6.42 Å². The number of aromatic nitrogens is 5. The molecule has 0 aliphatic rings. The third-order valence-corrected chi connectivity index (χ3v) is 4.86. The minimum atomic E-state index is -0.331. The molecule has 4 rings (SSSR count). The summed E-state index contributed by atoms with van der Waals surface area (Å²) in [6, 6.07) is 8.70. The van der Waals surface area contributed by atoms with Gasteiger partial charge >= 0.3 is 0 Å². The van der Waals surface area contributed by atoms with Crippen molar-refractivity contribution in [3.63, 3.8) is 0 Å². The van der Waals surface area contributed by atoms with Crippen molar-refractivity contribution in [3.8, 4) is 11.8 Å². The van der Waals surface area contributed by atoms with Crippen molar-refractivity contribution in [3.05, 3.63) is 69.8 Å². The lowest BCUT2D eigenvalue weighted by molar-refractivity contribution is 0.806. The maximum absolute atomic E-state index is 13.3. The molecule has 11 heteroatoms. The fraction of sp³-hybridized carbons (Fsp3) is 0.100. The van der Waals surface area contributed by atoms with Gasteiger partial charge in [-0.2, -0.15) is 5.26 Å². The first-order valence-corrected chi connectivity index (χ1v) is 9.53. The van der Waals surface area contributed by atoms with Crippen LogP contribution in [-0.4, -0.2) is 31.0 Å². The molecule has 0 radical (unpaired) electrons. The average Bonchev–Trinajstić information content (AvgIpc) is 2.74. The highest BCUT2D eigenvalue weighted by atomic mass is 35.5. The number of benzene rings is 1. The van der Waals surface area contributed by atoms with Crippen LogP contribution in [0.15, 0.2) is 47.8 Å². The van der Waals surface area contributed by atoms with Gasteiger partial charge in [-0.3, -0.25) is 14.3 Å². The summed E-state index contributed by atoms with van der Waals surface area (Å²) in [7, 11) is 0. The summed E-state index contributed by atoms with van der Waals surface area (Å²) in [5, 5.41) is 12.9. The molecule has 0 bridgehead atoms. The lowest BCUT2D eigenvalue weighted by Crippen LogP contribution is -2.26. The van der Waals surface area contributed by atoms with Crippen LogP contribution in [0.1, 0.15) is 11.4 Å². The zero-order valence-electron chi connectivity index (χ0n) is 16.1. The number of nitrogen functional groups attached to an aromatic ring is 2. The van der Waals surface area contributed by atoms with Crippen molar-refractivity contribution in [2.75, 3.05) is 23.3 Å². The van der Waals surface area contributed by atoms with Crippen LogP contribution in [0.4, 0.5) is 17.3 Å². The number of hydrogen-bond acceptors (Lipinski definition) is 9. The number of nitrogens with one attached hydrogen (secondary N) is 1. The van der Waals surface area contributed by atoms with Crippen molar-refractivity contribution in [2.45, 2.75) is 6.42 Å². The van der Waals surface area contributed by atoms with E-state index in [1.165, 1.54) is 23.3 Å². The van der Waals surface area contributed by atoms with Crippen LogP contribution < -0.4 is 22.3 Å². The second-order valence-corrected chi connectivity index (χ2v) is 6.96. The third kappa shape index (κ3) is 3.82. The Morgan fingerprint density at radius 2 is 2.06 bits per heavy atom. The van der Waals surface area contributed by atoms with Crippen LogP contribution >= 0.6 is 11.6 Å². The zero-order chi connectivity index (χ0) is 22.0. The monoisotopic (exact) mass is 433 g/mol. The lowest BCUT2D eigenvalue weighted by Gasteiger charge is -2.15. The number of pyridine rings is 1. The molecule has 4 aromatic rings. The van der Waals surface area contributed by atoms with Crippen LogP contribution in [0.5, 0.6) is 0 Å². The molecular formula is C20H16ClN9O. The first-order valence-electron chi connectivity index (χ1n) is 9.15. The highest BCUT2D eigenvalue weighted by molar-refractivity contribution is 6.35. The number of halogens is 1. The summed E-state index contributed by atoms with van der Waals surface area (Å²) in [4.78, 5) is 29.9. The fourth-order valence-corrected chi connectivity index (χ4v) is 3.42. The maximum Gasteiger partial charge on any atom is 0.267 e. The van der Waals surface area contributed by atoms with Crippen molar-refractivity contribution in [1.29, 1.82) is 5.26 Å². The zero-order valence-corrected chi connectivity index (χ0v) is 16.8. The van der Waals surface area contributed by atoms with Gasteiger partial charge in [-0.05, 0) is 18.2 Å². The van der Waals surface area contributed by atoms with Crippen LogP contribution in [0, 0.1) is 11.3 Å². The Labute approximate surface area is 181 Å². The highest BCUT2D eigenvalue weighted by Crippen LogP contribution is 2.21. The molecular weight excluding hydrogens is 418 g/mol. The number of fused-ring (bicyclic) bond motifs is 1. The number of nitrogens with zero attached hydrogens (tertiary/aromatic N) is 6. The molecule has 0 atom stereocenters. The Kier molecular flexibility index (Phi) is 5.34. The molecule has 1 aromatic carbocycles. The van der Waals surface area contributed by atoms with Crippen LogP contribution in [0.25, 0.3) is 16.6 Å². The molecule has 0 unspecified atom stereocenters. The van der Waals surface area contributed by atoms with Gasteiger partial charge in [0, 0.05) is 19.2 Å². The normalized spacial score (nSPS) is 10.7. The Bertz CT molecular complexity index is 1390. The topological polar surface area (TPSA) is 161 Å². The third-order valence-electron chi connectivity index (χ3n) is 4.55. The van der Waals surface area contributed by atoms with Gasteiger partial charge in [0.2, 0.25) is 0 Å².